The molecule has 0 aliphatic carbocycles. The number of carbonyl (C=O) groups excluding carboxylic acids is 2. The number of anilines is 1. The summed E-state index contributed by atoms with van der Waals surface area (Å²) in [6.07, 6.45) is -4.98. The van der Waals surface area contributed by atoms with Crippen LogP contribution in [-0.2, 0) is 9.53 Å². The third-order valence-electron chi connectivity index (χ3n) is 1.98. The van der Waals surface area contributed by atoms with Gasteiger partial charge in [0.2, 0.25) is 0 Å². The van der Waals surface area contributed by atoms with Gasteiger partial charge in [0, 0.05) is 3.57 Å². The summed E-state index contributed by atoms with van der Waals surface area (Å²) < 4.78 is 41.5. The van der Waals surface area contributed by atoms with Crippen molar-refractivity contribution in [2.24, 2.45) is 0 Å². The molecule has 0 atom stereocenters. The Morgan fingerprint density at radius 3 is 2.53 bits per heavy atom. The minimum atomic E-state index is -4.98. The topological polar surface area (TPSA) is 55.4 Å². The molecule has 0 saturated heterocycles. The van der Waals surface area contributed by atoms with Crippen LogP contribution in [0.3, 0.4) is 0 Å². The highest BCUT2D eigenvalue weighted by atomic mass is 127. The Hall–Kier alpha value is -1.32. The maximum absolute atomic E-state index is 12.1. The smallest absolute Gasteiger partial charge is 0.462 e. The van der Waals surface area contributed by atoms with Crippen molar-refractivity contribution in [3.05, 3.63) is 27.3 Å². The number of amides is 1. The molecule has 4 nitrogen and oxygen atoms in total. The fraction of sp³-hybridized carbons (Fsp3) is 0.273. The van der Waals surface area contributed by atoms with Crippen molar-refractivity contribution in [2.75, 3.05) is 11.9 Å². The van der Waals surface area contributed by atoms with Crippen molar-refractivity contribution in [1.82, 2.24) is 0 Å². The molecule has 104 valence electrons. The maximum atomic E-state index is 12.1. The summed E-state index contributed by atoms with van der Waals surface area (Å²) in [6.45, 7) is 1.76. The zero-order valence-electron chi connectivity index (χ0n) is 9.68. The van der Waals surface area contributed by atoms with Crippen LogP contribution in [0.15, 0.2) is 18.2 Å². The quantitative estimate of drug-likeness (QED) is 0.641. The predicted octanol–water partition coefficient (Wildman–Crippen LogP) is 2.97. The van der Waals surface area contributed by atoms with Gasteiger partial charge in [-0.15, -0.1) is 0 Å². The fourth-order valence-corrected chi connectivity index (χ4v) is 1.63. The van der Waals surface area contributed by atoms with Crippen LogP contribution in [0.4, 0.5) is 18.9 Å². The van der Waals surface area contributed by atoms with Gasteiger partial charge >= 0.3 is 18.1 Å². The van der Waals surface area contributed by atoms with Gasteiger partial charge in [0.05, 0.1) is 17.9 Å². The molecule has 1 aromatic carbocycles. The first-order valence-corrected chi connectivity index (χ1v) is 6.18. The highest BCUT2D eigenvalue weighted by Gasteiger charge is 2.39. The zero-order valence-corrected chi connectivity index (χ0v) is 11.8. The molecular weight excluding hydrogens is 378 g/mol. The Morgan fingerprint density at radius 2 is 2.00 bits per heavy atom. The highest BCUT2D eigenvalue weighted by Crippen LogP contribution is 2.23. The lowest BCUT2D eigenvalue weighted by Gasteiger charge is -2.11. The lowest BCUT2D eigenvalue weighted by molar-refractivity contribution is -0.167. The first kappa shape index (κ1) is 15.7. The third-order valence-corrected chi connectivity index (χ3v) is 2.92. The van der Waals surface area contributed by atoms with Gasteiger partial charge in [-0.1, -0.05) is 0 Å². The molecule has 0 heterocycles. The number of hydrogen-bond donors (Lipinski definition) is 1. The van der Waals surface area contributed by atoms with Crippen LogP contribution < -0.4 is 5.32 Å². The van der Waals surface area contributed by atoms with Crippen LogP contribution >= 0.6 is 22.6 Å². The Balaban J connectivity index is 2.98. The molecule has 19 heavy (non-hydrogen) atoms. The number of rotatable bonds is 3. The fourth-order valence-electron chi connectivity index (χ4n) is 1.16. The number of halogens is 4. The first-order chi connectivity index (χ1) is 8.75. The molecule has 0 aliphatic rings. The molecule has 0 aromatic heterocycles. The molecule has 1 aromatic rings. The van der Waals surface area contributed by atoms with Gasteiger partial charge < -0.3 is 10.1 Å². The summed E-state index contributed by atoms with van der Waals surface area (Å²) in [6, 6.07) is 3.96. The largest absolute Gasteiger partial charge is 0.471 e. The standard InChI is InChI=1S/C11H9F3INO3/c1-2-19-9(17)6-3-4-7(15)8(5-6)16-10(18)11(12,13)14/h3-5H,2H2,1H3,(H,16,18). The normalized spacial score (nSPS) is 11.0. The van der Waals surface area contributed by atoms with Crippen LogP contribution in [0, 0.1) is 3.57 Å². The number of ether oxygens (including phenoxy) is 1. The van der Waals surface area contributed by atoms with Gasteiger partial charge in [0.1, 0.15) is 0 Å². The average molecular weight is 387 g/mol. The van der Waals surface area contributed by atoms with E-state index in [4.69, 9.17) is 4.74 Å². The van der Waals surface area contributed by atoms with Gasteiger partial charge in [0.15, 0.2) is 0 Å². The minimum Gasteiger partial charge on any atom is -0.462 e. The van der Waals surface area contributed by atoms with E-state index in [0.717, 1.165) is 6.07 Å². The summed E-state index contributed by atoms with van der Waals surface area (Å²) in [5.74, 6) is -2.76. The maximum Gasteiger partial charge on any atom is 0.471 e. The molecule has 0 spiro atoms. The highest BCUT2D eigenvalue weighted by molar-refractivity contribution is 14.1. The zero-order chi connectivity index (χ0) is 14.6. The summed E-state index contributed by atoms with van der Waals surface area (Å²) in [5.41, 5.74) is -0.0202. The summed E-state index contributed by atoms with van der Waals surface area (Å²) in [5, 5.41) is 1.71. The van der Waals surface area contributed by atoms with Crippen LogP contribution in [0.1, 0.15) is 17.3 Å². The minimum absolute atomic E-state index is 0.0692. The van der Waals surface area contributed by atoms with Gasteiger partial charge in [-0.25, -0.2) is 4.79 Å². The number of carbonyl (C=O) groups is 2. The molecule has 1 rings (SSSR count). The molecule has 8 heteroatoms. The van der Waals surface area contributed by atoms with Crippen LogP contribution in [0.2, 0.25) is 0 Å². The van der Waals surface area contributed by atoms with Gasteiger partial charge in [-0.3, -0.25) is 4.79 Å². The first-order valence-electron chi connectivity index (χ1n) is 5.10. The van der Waals surface area contributed by atoms with Crippen LogP contribution in [-0.4, -0.2) is 24.7 Å². The van der Waals surface area contributed by atoms with Crippen molar-refractivity contribution < 1.29 is 27.5 Å². The predicted molar refractivity (Wildman–Crippen MR) is 69.8 cm³/mol. The second-order valence-corrected chi connectivity index (χ2v) is 4.53. The van der Waals surface area contributed by atoms with Gasteiger partial charge in [0.25, 0.3) is 0 Å². The van der Waals surface area contributed by atoms with E-state index >= 15 is 0 Å². The van der Waals surface area contributed by atoms with E-state index in [-0.39, 0.29) is 17.9 Å². The molecule has 0 radical (unpaired) electrons. The SMILES string of the molecule is CCOC(=O)c1ccc(I)c(NC(=O)C(F)(F)F)c1. The van der Waals surface area contributed by atoms with Crippen LogP contribution in [0.5, 0.6) is 0 Å². The molecule has 1 N–H and O–H groups in total. The van der Waals surface area contributed by atoms with Gasteiger partial charge in [-0.05, 0) is 47.7 Å². The second kappa shape index (κ2) is 6.22. The molecule has 0 aliphatic heterocycles. The molecule has 0 bridgehead atoms. The number of nitrogens with one attached hydrogen (secondary N) is 1. The van der Waals surface area contributed by atoms with Crippen molar-refractivity contribution in [1.29, 1.82) is 0 Å². The Morgan fingerprint density at radius 1 is 1.37 bits per heavy atom. The summed E-state index contributed by atoms with van der Waals surface area (Å²) in [7, 11) is 0. The van der Waals surface area contributed by atoms with E-state index in [1.165, 1.54) is 12.1 Å². The lowest BCUT2D eigenvalue weighted by atomic mass is 10.2. The molecule has 0 unspecified atom stereocenters. The number of alkyl halides is 3. The van der Waals surface area contributed by atoms with Crippen molar-refractivity contribution in [3.8, 4) is 0 Å². The van der Waals surface area contributed by atoms with Crippen LogP contribution in [0.25, 0.3) is 0 Å². The molecular formula is C11H9F3INO3. The average Bonchev–Trinajstić information content (AvgIpc) is 2.30. The summed E-state index contributed by atoms with van der Waals surface area (Å²) >= 11 is 1.75. The Labute approximate surface area is 120 Å². The summed E-state index contributed by atoms with van der Waals surface area (Å²) in [4.78, 5) is 22.3. The van der Waals surface area contributed by atoms with E-state index in [2.05, 4.69) is 0 Å². The van der Waals surface area contributed by atoms with Crippen molar-refractivity contribution in [3.63, 3.8) is 0 Å². The van der Waals surface area contributed by atoms with E-state index in [9.17, 15) is 22.8 Å². The van der Waals surface area contributed by atoms with Crippen molar-refractivity contribution >= 4 is 40.2 Å². The van der Waals surface area contributed by atoms with Gasteiger partial charge in [-0.2, -0.15) is 13.2 Å². The Kier molecular flexibility index (Phi) is 5.15. The van der Waals surface area contributed by atoms with Crippen molar-refractivity contribution in [2.45, 2.75) is 13.1 Å². The number of benzene rings is 1. The second-order valence-electron chi connectivity index (χ2n) is 3.37. The number of esters is 1. The molecule has 1 amide bonds. The van der Waals surface area contributed by atoms with E-state index in [1.807, 2.05) is 0 Å². The monoisotopic (exact) mass is 387 g/mol. The molecule has 0 saturated carbocycles. The number of hydrogen-bond acceptors (Lipinski definition) is 3. The van der Waals surface area contributed by atoms with E-state index in [0.29, 0.717) is 3.57 Å². The van der Waals surface area contributed by atoms with E-state index in [1.54, 1.807) is 34.8 Å². The third kappa shape index (κ3) is 4.37. The lowest BCUT2D eigenvalue weighted by Crippen LogP contribution is -2.30. The molecule has 0 fully saturated rings. The Bertz CT molecular complexity index is 502. The van der Waals surface area contributed by atoms with E-state index < -0.39 is 18.1 Å².